The Labute approximate surface area is 124 Å². The second-order valence-electron chi connectivity index (χ2n) is 5.73. The van der Waals surface area contributed by atoms with Crippen LogP contribution in [0.15, 0.2) is 10.7 Å². The third-order valence-corrected chi connectivity index (χ3v) is 3.13. The smallest absolute Gasteiger partial charge is 0.137 e. The van der Waals surface area contributed by atoms with Crippen LogP contribution in [0.3, 0.4) is 0 Å². The van der Waals surface area contributed by atoms with Crippen LogP contribution in [-0.4, -0.2) is 29.7 Å². The van der Waals surface area contributed by atoms with E-state index in [4.69, 9.17) is 4.74 Å². The molecule has 0 radical (unpaired) electrons. The SMILES string of the molecule is CCCC(COC)Nc1cc(Br)nc(C(C)(C)C)n1. The number of hydrogen-bond acceptors (Lipinski definition) is 4. The van der Waals surface area contributed by atoms with Crippen molar-refractivity contribution in [3.8, 4) is 0 Å². The molecule has 4 nitrogen and oxygen atoms in total. The summed E-state index contributed by atoms with van der Waals surface area (Å²) in [4.78, 5) is 9.04. The topological polar surface area (TPSA) is 47.0 Å². The first-order chi connectivity index (χ1) is 8.86. The molecule has 0 bridgehead atoms. The second-order valence-corrected chi connectivity index (χ2v) is 6.55. The minimum atomic E-state index is -0.0677. The quantitative estimate of drug-likeness (QED) is 0.807. The number of hydrogen-bond donors (Lipinski definition) is 1. The highest BCUT2D eigenvalue weighted by atomic mass is 79.9. The highest BCUT2D eigenvalue weighted by Crippen LogP contribution is 2.23. The van der Waals surface area contributed by atoms with E-state index in [9.17, 15) is 0 Å². The summed E-state index contributed by atoms with van der Waals surface area (Å²) in [7, 11) is 1.72. The number of rotatable bonds is 6. The van der Waals surface area contributed by atoms with Gasteiger partial charge in [0.2, 0.25) is 0 Å². The van der Waals surface area contributed by atoms with Gasteiger partial charge in [-0.15, -0.1) is 0 Å². The first-order valence-corrected chi connectivity index (χ1v) is 7.46. The molecule has 0 aliphatic carbocycles. The molecule has 1 aromatic rings. The molecule has 1 unspecified atom stereocenters. The molecule has 0 saturated carbocycles. The Kier molecular flexibility index (Phi) is 6.20. The molecule has 19 heavy (non-hydrogen) atoms. The van der Waals surface area contributed by atoms with E-state index in [-0.39, 0.29) is 11.5 Å². The van der Waals surface area contributed by atoms with Crippen molar-refractivity contribution in [2.45, 2.75) is 52.0 Å². The molecule has 0 aliphatic heterocycles. The van der Waals surface area contributed by atoms with Crippen LogP contribution >= 0.6 is 15.9 Å². The third-order valence-electron chi connectivity index (χ3n) is 2.72. The van der Waals surface area contributed by atoms with Crippen molar-refractivity contribution in [1.82, 2.24) is 9.97 Å². The van der Waals surface area contributed by atoms with Crippen molar-refractivity contribution in [3.05, 3.63) is 16.5 Å². The number of aromatic nitrogens is 2. The lowest BCUT2D eigenvalue weighted by Gasteiger charge is -2.21. The molecule has 0 aromatic carbocycles. The predicted molar refractivity (Wildman–Crippen MR) is 82.6 cm³/mol. The molecule has 5 heteroatoms. The first kappa shape index (κ1) is 16.4. The lowest BCUT2D eigenvalue weighted by atomic mass is 9.96. The highest BCUT2D eigenvalue weighted by molar-refractivity contribution is 9.10. The highest BCUT2D eigenvalue weighted by Gasteiger charge is 2.19. The number of anilines is 1. The Hall–Kier alpha value is -0.680. The normalized spacial score (nSPS) is 13.4. The van der Waals surface area contributed by atoms with Crippen molar-refractivity contribution in [3.63, 3.8) is 0 Å². The number of halogens is 1. The average molecular weight is 330 g/mol. The Balaban J connectivity index is 2.90. The van der Waals surface area contributed by atoms with E-state index in [1.807, 2.05) is 6.07 Å². The predicted octanol–water partition coefficient (Wildman–Crippen LogP) is 3.76. The Morgan fingerprint density at radius 1 is 1.37 bits per heavy atom. The van der Waals surface area contributed by atoms with Gasteiger partial charge < -0.3 is 10.1 Å². The molecular formula is C14H24BrN3O. The van der Waals surface area contributed by atoms with Crippen LogP contribution in [0.1, 0.15) is 46.4 Å². The fourth-order valence-corrected chi connectivity index (χ4v) is 2.17. The van der Waals surface area contributed by atoms with Gasteiger partial charge in [0.25, 0.3) is 0 Å². The standard InChI is InChI=1S/C14H24BrN3O/c1-6-7-10(9-19-5)16-12-8-11(15)17-13(18-12)14(2,3)4/h8,10H,6-7,9H2,1-5H3,(H,16,17,18). The molecule has 1 atom stereocenters. The first-order valence-electron chi connectivity index (χ1n) is 6.67. The van der Waals surface area contributed by atoms with Gasteiger partial charge in [0.15, 0.2) is 0 Å². The fraction of sp³-hybridized carbons (Fsp3) is 0.714. The summed E-state index contributed by atoms with van der Waals surface area (Å²) in [6.07, 6.45) is 2.17. The van der Waals surface area contributed by atoms with Crippen molar-refractivity contribution < 1.29 is 4.74 Å². The maximum absolute atomic E-state index is 5.24. The molecule has 0 aliphatic rings. The summed E-state index contributed by atoms with van der Waals surface area (Å²) in [5, 5.41) is 3.43. The van der Waals surface area contributed by atoms with E-state index in [0.29, 0.717) is 6.61 Å². The number of methoxy groups -OCH3 is 1. The fourth-order valence-electron chi connectivity index (χ4n) is 1.78. The number of nitrogens with one attached hydrogen (secondary N) is 1. The van der Waals surface area contributed by atoms with Gasteiger partial charge in [0.1, 0.15) is 16.2 Å². The zero-order valence-corrected chi connectivity index (χ0v) is 14.0. The molecule has 1 N–H and O–H groups in total. The van der Waals surface area contributed by atoms with E-state index in [1.54, 1.807) is 7.11 Å². The summed E-state index contributed by atoms with van der Waals surface area (Å²) < 4.78 is 6.05. The molecule has 0 saturated heterocycles. The van der Waals surface area contributed by atoms with E-state index in [0.717, 1.165) is 29.1 Å². The summed E-state index contributed by atoms with van der Waals surface area (Å²) in [5.74, 6) is 1.68. The Morgan fingerprint density at radius 2 is 2.05 bits per heavy atom. The summed E-state index contributed by atoms with van der Waals surface area (Å²) in [5.41, 5.74) is -0.0677. The van der Waals surface area contributed by atoms with Crippen LogP contribution in [0.5, 0.6) is 0 Å². The van der Waals surface area contributed by atoms with Gasteiger partial charge in [0, 0.05) is 18.6 Å². The summed E-state index contributed by atoms with van der Waals surface area (Å²) >= 11 is 3.45. The van der Waals surface area contributed by atoms with Crippen LogP contribution in [0.4, 0.5) is 5.82 Å². The lowest BCUT2D eigenvalue weighted by Crippen LogP contribution is -2.26. The number of nitrogens with zero attached hydrogens (tertiary/aromatic N) is 2. The van der Waals surface area contributed by atoms with Crippen LogP contribution in [0, 0.1) is 0 Å². The molecule has 1 rings (SSSR count). The Morgan fingerprint density at radius 3 is 2.58 bits per heavy atom. The molecule has 0 fully saturated rings. The molecule has 1 heterocycles. The molecule has 108 valence electrons. The Bertz CT molecular complexity index is 398. The van der Waals surface area contributed by atoms with Gasteiger partial charge in [-0.25, -0.2) is 9.97 Å². The maximum Gasteiger partial charge on any atom is 0.137 e. The van der Waals surface area contributed by atoms with E-state index < -0.39 is 0 Å². The molecule has 0 amide bonds. The zero-order chi connectivity index (χ0) is 14.5. The second kappa shape index (κ2) is 7.20. The van der Waals surface area contributed by atoms with Crippen LogP contribution in [0.2, 0.25) is 0 Å². The van der Waals surface area contributed by atoms with Gasteiger partial charge in [-0.05, 0) is 22.4 Å². The maximum atomic E-state index is 5.24. The van der Waals surface area contributed by atoms with Gasteiger partial charge >= 0.3 is 0 Å². The van der Waals surface area contributed by atoms with Gasteiger partial charge in [-0.2, -0.15) is 0 Å². The van der Waals surface area contributed by atoms with Crippen molar-refractivity contribution >= 4 is 21.7 Å². The van der Waals surface area contributed by atoms with Gasteiger partial charge in [-0.1, -0.05) is 34.1 Å². The largest absolute Gasteiger partial charge is 0.383 e. The van der Waals surface area contributed by atoms with Crippen LogP contribution in [-0.2, 0) is 10.2 Å². The van der Waals surface area contributed by atoms with E-state index in [1.165, 1.54) is 0 Å². The van der Waals surface area contributed by atoms with Crippen molar-refractivity contribution in [2.24, 2.45) is 0 Å². The molecule has 1 aromatic heterocycles. The molecule has 0 spiro atoms. The summed E-state index contributed by atoms with van der Waals surface area (Å²) in [6.45, 7) is 9.17. The number of ether oxygens (including phenoxy) is 1. The average Bonchev–Trinajstić information content (AvgIpc) is 2.27. The van der Waals surface area contributed by atoms with Gasteiger partial charge in [0.05, 0.1) is 12.6 Å². The molecular weight excluding hydrogens is 306 g/mol. The lowest BCUT2D eigenvalue weighted by molar-refractivity contribution is 0.182. The minimum absolute atomic E-state index is 0.0677. The van der Waals surface area contributed by atoms with Crippen molar-refractivity contribution in [2.75, 3.05) is 19.0 Å². The zero-order valence-electron chi connectivity index (χ0n) is 12.5. The van der Waals surface area contributed by atoms with Crippen molar-refractivity contribution in [1.29, 1.82) is 0 Å². The van der Waals surface area contributed by atoms with Gasteiger partial charge in [-0.3, -0.25) is 0 Å². The monoisotopic (exact) mass is 329 g/mol. The third kappa shape index (κ3) is 5.45. The van der Waals surface area contributed by atoms with E-state index >= 15 is 0 Å². The van der Waals surface area contributed by atoms with E-state index in [2.05, 4.69) is 58.9 Å². The summed E-state index contributed by atoms with van der Waals surface area (Å²) in [6, 6.07) is 2.19. The van der Waals surface area contributed by atoms with Crippen LogP contribution < -0.4 is 5.32 Å². The van der Waals surface area contributed by atoms with Crippen LogP contribution in [0.25, 0.3) is 0 Å². The minimum Gasteiger partial charge on any atom is -0.383 e.